The highest BCUT2D eigenvalue weighted by molar-refractivity contribution is 5.91. The fourth-order valence-corrected chi connectivity index (χ4v) is 3.79. The number of carbonyl (C=O) groups is 2. The lowest BCUT2D eigenvalue weighted by Gasteiger charge is -2.24. The first-order chi connectivity index (χ1) is 18.0. The molecular weight excluding hydrogens is 498 g/mol. The molecule has 1 atom stereocenters. The van der Waals surface area contributed by atoms with Crippen LogP contribution in [0.5, 0.6) is 11.5 Å². The molecule has 0 heterocycles. The Hall–Kier alpha value is -3.40. The number of aryl methyl sites for hydroxylation is 1. The monoisotopic (exact) mass is 536 g/mol. The number of methoxy groups -OCH3 is 1. The Bertz CT molecular complexity index is 1030. The van der Waals surface area contributed by atoms with Crippen LogP contribution in [0.25, 0.3) is 0 Å². The Morgan fingerprint density at radius 1 is 1.11 bits per heavy atom. The predicted octanol–water partition coefficient (Wildman–Crippen LogP) is 5.77. The van der Waals surface area contributed by atoms with Gasteiger partial charge in [0.15, 0.2) is 6.10 Å². The van der Waals surface area contributed by atoms with Crippen molar-refractivity contribution in [1.82, 2.24) is 4.90 Å². The average molecular weight is 537 g/mol. The summed E-state index contributed by atoms with van der Waals surface area (Å²) in [6.07, 6.45) is -0.234. The summed E-state index contributed by atoms with van der Waals surface area (Å²) in [6.45, 7) is 5.53. The molecule has 0 saturated carbocycles. The van der Waals surface area contributed by atoms with Crippen LogP contribution in [0.15, 0.2) is 42.5 Å². The lowest BCUT2D eigenvalue weighted by atomic mass is 10.1. The van der Waals surface area contributed by atoms with Gasteiger partial charge in [0.25, 0.3) is 0 Å². The third-order valence-corrected chi connectivity index (χ3v) is 5.80. The molecule has 0 aromatic heterocycles. The molecule has 0 saturated heterocycles. The second kappa shape index (κ2) is 15.1. The van der Waals surface area contributed by atoms with E-state index in [4.69, 9.17) is 14.2 Å². The van der Waals surface area contributed by atoms with Gasteiger partial charge >= 0.3 is 12.0 Å². The van der Waals surface area contributed by atoms with Crippen molar-refractivity contribution in [2.45, 2.75) is 58.5 Å². The summed E-state index contributed by atoms with van der Waals surface area (Å²) >= 11 is 0. The summed E-state index contributed by atoms with van der Waals surface area (Å²) < 4.78 is 42.8. The van der Waals surface area contributed by atoms with Crippen molar-refractivity contribution in [2.75, 3.05) is 38.7 Å². The van der Waals surface area contributed by atoms with Crippen LogP contribution in [0, 0.1) is 6.92 Å². The number of urea groups is 1. The van der Waals surface area contributed by atoms with Gasteiger partial charge in [0.2, 0.25) is 5.92 Å². The van der Waals surface area contributed by atoms with E-state index in [0.29, 0.717) is 30.2 Å². The summed E-state index contributed by atoms with van der Waals surface area (Å²) in [7, 11) is 1.51. The number of alkyl halides is 2. The van der Waals surface area contributed by atoms with Crippen LogP contribution >= 0.6 is 0 Å². The molecule has 0 aliphatic carbocycles. The second-order valence-corrected chi connectivity index (χ2v) is 9.13. The zero-order valence-corrected chi connectivity index (χ0v) is 22.5. The maximum atomic E-state index is 13.2. The Balaban J connectivity index is 1.99. The fourth-order valence-electron chi connectivity index (χ4n) is 3.79. The number of amides is 2. The van der Waals surface area contributed by atoms with E-state index >= 15 is 0 Å². The topological polar surface area (TPSA) is 97.3 Å². The number of hydrogen-bond acceptors (Lipinski definition) is 5. The van der Waals surface area contributed by atoms with Crippen LogP contribution in [0.3, 0.4) is 0 Å². The Kier molecular flexibility index (Phi) is 12.3. The summed E-state index contributed by atoms with van der Waals surface area (Å²) in [4.78, 5) is 25.9. The van der Waals surface area contributed by atoms with Crippen LogP contribution < -0.4 is 14.8 Å². The molecule has 0 bridgehead atoms. The molecule has 2 N–H and O–H groups in total. The van der Waals surface area contributed by atoms with Crippen molar-refractivity contribution < 1.29 is 37.7 Å². The number of halogens is 2. The van der Waals surface area contributed by atoms with Crippen molar-refractivity contribution >= 4 is 17.7 Å². The van der Waals surface area contributed by atoms with Gasteiger partial charge in [-0.1, -0.05) is 18.2 Å². The molecular formula is C28H38F2N2O6. The average Bonchev–Trinajstić information content (AvgIpc) is 2.85. The van der Waals surface area contributed by atoms with E-state index in [-0.39, 0.29) is 45.0 Å². The highest BCUT2D eigenvalue weighted by Crippen LogP contribution is 2.26. The number of rotatable bonds is 16. The summed E-state index contributed by atoms with van der Waals surface area (Å²) in [5.74, 6) is -2.69. The van der Waals surface area contributed by atoms with E-state index in [9.17, 15) is 23.5 Å². The molecule has 10 heteroatoms. The van der Waals surface area contributed by atoms with Crippen LogP contribution in [-0.2, 0) is 16.0 Å². The minimum absolute atomic E-state index is 0.179. The lowest BCUT2D eigenvalue weighted by molar-refractivity contribution is -0.149. The number of ether oxygens (including phenoxy) is 3. The first kappa shape index (κ1) is 30.8. The first-order valence-electron chi connectivity index (χ1n) is 12.7. The van der Waals surface area contributed by atoms with E-state index in [1.165, 1.54) is 12.0 Å². The number of nitrogens with zero attached hydrogens (tertiary/aromatic N) is 1. The summed E-state index contributed by atoms with van der Waals surface area (Å²) in [6, 6.07) is 12.0. The van der Waals surface area contributed by atoms with Gasteiger partial charge in [0.1, 0.15) is 18.1 Å². The maximum absolute atomic E-state index is 13.2. The van der Waals surface area contributed by atoms with Crippen LogP contribution in [0.2, 0.25) is 0 Å². The van der Waals surface area contributed by atoms with Crippen LogP contribution in [0.4, 0.5) is 19.3 Å². The molecule has 8 nitrogen and oxygen atoms in total. The Labute approximate surface area is 222 Å². The van der Waals surface area contributed by atoms with Crippen molar-refractivity contribution in [3.63, 3.8) is 0 Å². The van der Waals surface area contributed by atoms with Crippen molar-refractivity contribution in [3.8, 4) is 11.5 Å². The normalized spacial score (nSPS) is 12.1. The fraction of sp³-hybridized carbons (Fsp3) is 0.500. The quantitative estimate of drug-likeness (QED) is 0.264. The third-order valence-electron chi connectivity index (χ3n) is 5.80. The van der Waals surface area contributed by atoms with Crippen molar-refractivity contribution in [3.05, 3.63) is 53.6 Å². The zero-order valence-electron chi connectivity index (χ0n) is 22.5. The smallest absolute Gasteiger partial charge is 0.333 e. The number of carboxylic acid groups (broad SMARTS) is 1. The Morgan fingerprint density at radius 3 is 2.42 bits per heavy atom. The molecule has 1 unspecified atom stereocenters. The summed E-state index contributed by atoms with van der Waals surface area (Å²) in [5, 5.41) is 12.1. The number of carboxylic acids is 1. The Morgan fingerprint density at radius 2 is 1.82 bits per heavy atom. The standard InChI is InChI=1S/C28H38F2N2O6/c1-5-37-25(26(33)34)19-21-9-11-22(12-10-21)38-17-16-32(15-7-6-14-28(3,29)30)27(35)31-23-18-20(2)8-13-24(23)36-4/h8-13,18,25H,5-7,14-17,19H2,1-4H3,(H,31,35)(H,33,34). The van der Waals surface area contributed by atoms with Gasteiger partial charge in [-0.3, -0.25) is 0 Å². The largest absolute Gasteiger partial charge is 0.495 e. The zero-order chi connectivity index (χ0) is 28.1. The molecule has 0 spiro atoms. The van der Waals surface area contributed by atoms with Crippen molar-refractivity contribution in [1.29, 1.82) is 0 Å². The number of hydrogen-bond donors (Lipinski definition) is 2. The first-order valence-corrected chi connectivity index (χ1v) is 12.7. The summed E-state index contributed by atoms with van der Waals surface area (Å²) in [5.41, 5.74) is 2.25. The molecule has 210 valence electrons. The van der Waals surface area contributed by atoms with Gasteiger partial charge < -0.3 is 29.5 Å². The van der Waals surface area contributed by atoms with Gasteiger partial charge in [-0.25, -0.2) is 18.4 Å². The molecule has 2 aromatic rings. The number of nitrogens with one attached hydrogen (secondary N) is 1. The second-order valence-electron chi connectivity index (χ2n) is 9.13. The molecule has 0 aliphatic rings. The molecule has 2 amide bonds. The van der Waals surface area contributed by atoms with Crippen LogP contribution in [0.1, 0.15) is 44.2 Å². The predicted molar refractivity (Wildman–Crippen MR) is 141 cm³/mol. The van der Waals surface area contributed by atoms with Gasteiger partial charge in [0.05, 0.1) is 19.3 Å². The van der Waals surface area contributed by atoms with E-state index in [2.05, 4.69) is 5.32 Å². The molecule has 0 radical (unpaired) electrons. The van der Waals surface area contributed by atoms with Gasteiger partial charge in [-0.05, 0) is 69.0 Å². The number of unbranched alkanes of at least 4 members (excludes halogenated alkanes) is 1. The highest BCUT2D eigenvalue weighted by Gasteiger charge is 2.21. The maximum Gasteiger partial charge on any atom is 0.333 e. The van der Waals surface area contributed by atoms with E-state index in [1.54, 1.807) is 43.3 Å². The van der Waals surface area contributed by atoms with Crippen molar-refractivity contribution in [2.24, 2.45) is 0 Å². The number of aliphatic carboxylic acids is 1. The SMILES string of the molecule is CCOC(Cc1ccc(OCCN(CCCCC(C)(F)F)C(=O)Nc2cc(C)ccc2OC)cc1)C(=O)O. The van der Waals surface area contributed by atoms with Gasteiger partial charge in [-0.2, -0.15) is 0 Å². The van der Waals surface area contributed by atoms with E-state index < -0.39 is 18.0 Å². The molecule has 2 aromatic carbocycles. The van der Waals surface area contributed by atoms with E-state index in [1.807, 2.05) is 13.0 Å². The lowest BCUT2D eigenvalue weighted by Crippen LogP contribution is -2.38. The minimum Gasteiger partial charge on any atom is -0.495 e. The minimum atomic E-state index is -2.75. The molecule has 38 heavy (non-hydrogen) atoms. The van der Waals surface area contributed by atoms with Crippen LogP contribution in [-0.4, -0.2) is 67.4 Å². The van der Waals surface area contributed by atoms with E-state index in [0.717, 1.165) is 18.1 Å². The highest BCUT2D eigenvalue weighted by atomic mass is 19.3. The number of carbonyl (C=O) groups excluding carboxylic acids is 1. The van der Waals surface area contributed by atoms with Gasteiger partial charge in [0, 0.05) is 26.0 Å². The third kappa shape index (κ3) is 10.9. The molecule has 2 rings (SSSR count). The molecule has 0 aliphatic heterocycles. The van der Waals surface area contributed by atoms with Gasteiger partial charge in [-0.15, -0.1) is 0 Å². The molecule has 0 fully saturated rings. The number of benzene rings is 2. The number of anilines is 1.